The van der Waals surface area contributed by atoms with Crippen LogP contribution in [-0.2, 0) is 0 Å². The van der Waals surface area contributed by atoms with Gasteiger partial charge in [0.2, 0.25) is 0 Å². The monoisotopic (exact) mass is 231 g/mol. The SMILES string of the molecule is O=C(c1ccco1)N1CCC[C@@H]1c1ccco1. The van der Waals surface area contributed by atoms with Gasteiger partial charge in [-0.2, -0.15) is 0 Å². The molecular formula is C13H13NO3. The van der Waals surface area contributed by atoms with Crippen molar-refractivity contribution in [1.29, 1.82) is 0 Å². The zero-order chi connectivity index (χ0) is 11.7. The molecule has 4 nitrogen and oxygen atoms in total. The predicted octanol–water partition coefficient (Wildman–Crippen LogP) is 2.85. The molecule has 0 N–H and O–H groups in total. The highest BCUT2D eigenvalue weighted by molar-refractivity contribution is 5.91. The van der Waals surface area contributed by atoms with E-state index >= 15 is 0 Å². The Bertz CT molecular complexity index is 487. The standard InChI is InChI=1S/C13H13NO3/c15-13(12-6-3-9-17-12)14-7-1-4-10(14)11-5-2-8-16-11/h2-3,5-6,8-10H,1,4,7H2/t10-/m1/s1. The molecular weight excluding hydrogens is 218 g/mol. The topological polar surface area (TPSA) is 46.6 Å². The summed E-state index contributed by atoms with van der Waals surface area (Å²) in [7, 11) is 0. The molecule has 1 aliphatic heterocycles. The molecule has 0 bridgehead atoms. The summed E-state index contributed by atoms with van der Waals surface area (Å²) >= 11 is 0. The molecule has 0 radical (unpaired) electrons. The fourth-order valence-electron chi connectivity index (χ4n) is 2.33. The van der Waals surface area contributed by atoms with Gasteiger partial charge in [-0.3, -0.25) is 4.79 Å². The van der Waals surface area contributed by atoms with E-state index in [0.29, 0.717) is 5.76 Å². The van der Waals surface area contributed by atoms with Crippen molar-refractivity contribution >= 4 is 5.91 Å². The highest BCUT2D eigenvalue weighted by Gasteiger charge is 2.33. The van der Waals surface area contributed by atoms with E-state index in [9.17, 15) is 4.79 Å². The highest BCUT2D eigenvalue weighted by atomic mass is 16.3. The molecule has 1 fully saturated rings. The van der Waals surface area contributed by atoms with Crippen LogP contribution >= 0.6 is 0 Å². The van der Waals surface area contributed by atoms with E-state index in [1.807, 2.05) is 17.0 Å². The Morgan fingerprint density at radius 3 is 2.76 bits per heavy atom. The van der Waals surface area contributed by atoms with Crippen LogP contribution in [0.15, 0.2) is 45.6 Å². The lowest BCUT2D eigenvalue weighted by molar-refractivity contribution is 0.0687. The van der Waals surface area contributed by atoms with Gasteiger partial charge in [0.05, 0.1) is 18.6 Å². The molecule has 17 heavy (non-hydrogen) atoms. The Balaban J connectivity index is 1.85. The minimum Gasteiger partial charge on any atom is -0.467 e. The molecule has 3 rings (SSSR count). The van der Waals surface area contributed by atoms with Crippen molar-refractivity contribution in [3.8, 4) is 0 Å². The van der Waals surface area contributed by atoms with Crippen molar-refractivity contribution in [3.05, 3.63) is 48.3 Å². The maximum atomic E-state index is 12.2. The van der Waals surface area contributed by atoms with E-state index in [4.69, 9.17) is 8.83 Å². The molecule has 4 heteroatoms. The minimum atomic E-state index is -0.0612. The average molecular weight is 231 g/mol. The number of rotatable bonds is 2. The fraction of sp³-hybridized carbons (Fsp3) is 0.308. The number of carbonyl (C=O) groups is 1. The van der Waals surface area contributed by atoms with Crippen LogP contribution in [0.1, 0.15) is 35.2 Å². The molecule has 2 aromatic heterocycles. The lowest BCUT2D eigenvalue weighted by Crippen LogP contribution is -2.30. The molecule has 0 spiro atoms. The van der Waals surface area contributed by atoms with Crippen LogP contribution in [0.2, 0.25) is 0 Å². The predicted molar refractivity (Wildman–Crippen MR) is 60.4 cm³/mol. The Labute approximate surface area is 98.8 Å². The first-order chi connectivity index (χ1) is 8.36. The maximum absolute atomic E-state index is 12.2. The Morgan fingerprint density at radius 2 is 2.06 bits per heavy atom. The quantitative estimate of drug-likeness (QED) is 0.798. The number of amides is 1. The third-order valence-corrected chi connectivity index (χ3v) is 3.12. The molecule has 1 saturated heterocycles. The van der Waals surface area contributed by atoms with Crippen molar-refractivity contribution in [3.63, 3.8) is 0 Å². The molecule has 2 aromatic rings. The number of likely N-dealkylation sites (tertiary alicyclic amines) is 1. The maximum Gasteiger partial charge on any atom is 0.290 e. The summed E-state index contributed by atoms with van der Waals surface area (Å²) in [6.07, 6.45) is 5.10. The summed E-state index contributed by atoms with van der Waals surface area (Å²) in [4.78, 5) is 14.0. The van der Waals surface area contributed by atoms with Crippen LogP contribution < -0.4 is 0 Å². The van der Waals surface area contributed by atoms with E-state index in [1.165, 1.54) is 6.26 Å². The van der Waals surface area contributed by atoms with Crippen LogP contribution in [-0.4, -0.2) is 17.4 Å². The van der Waals surface area contributed by atoms with E-state index < -0.39 is 0 Å². The Kier molecular flexibility index (Phi) is 2.48. The minimum absolute atomic E-state index is 0.0441. The summed E-state index contributed by atoms with van der Waals surface area (Å²) in [5.74, 6) is 1.18. The first-order valence-electron chi connectivity index (χ1n) is 5.74. The van der Waals surface area contributed by atoms with Crippen molar-refractivity contribution in [1.82, 2.24) is 4.90 Å². The van der Waals surface area contributed by atoms with Gasteiger partial charge in [0.1, 0.15) is 5.76 Å². The normalized spacial score (nSPS) is 19.8. The number of nitrogens with zero attached hydrogens (tertiary/aromatic N) is 1. The number of carbonyl (C=O) groups excluding carboxylic acids is 1. The van der Waals surface area contributed by atoms with Crippen molar-refractivity contribution < 1.29 is 13.6 Å². The highest BCUT2D eigenvalue weighted by Crippen LogP contribution is 2.33. The summed E-state index contributed by atoms with van der Waals surface area (Å²) in [6.45, 7) is 0.755. The van der Waals surface area contributed by atoms with E-state index in [2.05, 4.69) is 0 Å². The van der Waals surface area contributed by atoms with Crippen LogP contribution in [0.25, 0.3) is 0 Å². The molecule has 1 amide bonds. The van der Waals surface area contributed by atoms with Crippen molar-refractivity contribution in [2.45, 2.75) is 18.9 Å². The molecule has 0 saturated carbocycles. The first-order valence-corrected chi connectivity index (χ1v) is 5.74. The van der Waals surface area contributed by atoms with Crippen molar-refractivity contribution in [2.24, 2.45) is 0 Å². The van der Waals surface area contributed by atoms with Crippen LogP contribution in [0.3, 0.4) is 0 Å². The van der Waals surface area contributed by atoms with E-state index in [-0.39, 0.29) is 11.9 Å². The first kappa shape index (κ1) is 10.2. The molecule has 0 unspecified atom stereocenters. The fourth-order valence-corrected chi connectivity index (χ4v) is 2.33. The Morgan fingerprint density at radius 1 is 1.24 bits per heavy atom. The number of furan rings is 2. The average Bonchev–Trinajstić information content (AvgIpc) is 3.09. The van der Waals surface area contributed by atoms with E-state index in [0.717, 1.165) is 25.1 Å². The lowest BCUT2D eigenvalue weighted by Gasteiger charge is -2.21. The second-order valence-electron chi connectivity index (χ2n) is 4.15. The van der Waals surface area contributed by atoms with Crippen LogP contribution in [0.5, 0.6) is 0 Å². The molecule has 0 aliphatic carbocycles. The summed E-state index contributed by atoms with van der Waals surface area (Å²) in [6, 6.07) is 7.23. The second-order valence-corrected chi connectivity index (χ2v) is 4.15. The van der Waals surface area contributed by atoms with Gasteiger partial charge in [-0.25, -0.2) is 0 Å². The van der Waals surface area contributed by atoms with Gasteiger partial charge in [-0.05, 0) is 37.1 Å². The zero-order valence-electron chi connectivity index (χ0n) is 9.33. The molecule has 88 valence electrons. The Hall–Kier alpha value is -1.97. The van der Waals surface area contributed by atoms with Gasteiger partial charge >= 0.3 is 0 Å². The van der Waals surface area contributed by atoms with Crippen LogP contribution in [0.4, 0.5) is 0 Å². The third-order valence-electron chi connectivity index (χ3n) is 3.12. The van der Waals surface area contributed by atoms with Gasteiger partial charge < -0.3 is 13.7 Å². The summed E-state index contributed by atoms with van der Waals surface area (Å²) < 4.78 is 10.5. The summed E-state index contributed by atoms with van der Waals surface area (Å²) in [5, 5.41) is 0. The zero-order valence-corrected chi connectivity index (χ0v) is 9.33. The van der Waals surface area contributed by atoms with Gasteiger partial charge in [-0.1, -0.05) is 0 Å². The molecule has 1 aliphatic rings. The summed E-state index contributed by atoms with van der Waals surface area (Å²) in [5.41, 5.74) is 0. The molecule has 0 aromatic carbocycles. The van der Waals surface area contributed by atoms with Gasteiger partial charge in [0.15, 0.2) is 5.76 Å². The smallest absolute Gasteiger partial charge is 0.290 e. The molecule has 1 atom stereocenters. The largest absolute Gasteiger partial charge is 0.467 e. The van der Waals surface area contributed by atoms with Crippen molar-refractivity contribution in [2.75, 3.05) is 6.54 Å². The lowest BCUT2D eigenvalue weighted by atomic mass is 10.1. The van der Waals surface area contributed by atoms with Gasteiger partial charge in [-0.15, -0.1) is 0 Å². The third kappa shape index (κ3) is 1.75. The number of hydrogen-bond donors (Lipinski definition) is 0. The van der Waals surface area contributed by atoms with E-state index in [1.54, 1.807) is 18.4 Å². The van der Waals surface area contributed by atoms with Gasteiger partial charge in [0, 0.05) is 6.54 Å². The second kappa shape index (κ2) is 4.13. The number of hydrogen-bond acceptors (Lipinski definition) is 3. The molecule has 3 heterocycles. The van der Waals surface area contributed by atoms with Crippen LogP contribution in [0, 0.1) is 0 Å². The van der Waals surface area contributed by atoms with Gasteiger partial charge in [0.25, 0.3) is 5.91 Å².